The molecule has 1 fully saturated rings. The van der Waals surface area contributed by atoms with Crippen LogP contribution in [0.25, 0.3) is 0 Å². The molecule has 14 heteroatoms. The van der Waals surface area contributed by atoms with E-state index in [4.69, 9.17) is 18.9 Å². The van der Waals surface area contributed by atoms with Gasteiger partial charge >= 0.3 is 29.8 Å². The molecular formula is C34H52O14. The summed E-state index contributed by atoms with van der Waals surface area (Å²) in [7, 11) is 0. The Morgan fingerprint density at radius 3 is 2.17 bits per heavy atom. The van der Waals surface area contributed by atoms with E-state index in [0.717, 1.165) is 13.8 Å². The van der Waals surface area contributed by atoms with Crippen molar-refractivity contribution in [2.75, 3.05) is 0 Å². The van der Waals surface area contributed by atoms with Gasteiger partial charge in [-0.15, -0.1) is 0 Å². The molecule has 14 nitrogen and oxygen atoms in total. The summed E-state index contributed by atoms with van der Waals surface area (Å²) >= 11 is 0. The smallest absolute Gasteiger partial charge is 0.338 e. The number of aliphatic carboxylic acids is 1. The number of hydrogen-bond donors (Lipinski definition) is 5. The molecule has 0 saturated heterocycles. The lowest BCUT2D eigenvalue weighted by atomic mass is 9.73. The van der Waals surface area contributed by atoms with Crippen LogP contribution in [0.15, 0.2) is 22.8 Å². The maximum atomic E-state index is 13.3. The van der Waals surface area contributed by atoms with Crippen molar-refractivity contribution in [2.45, 2.75) is 154 Å². The van der Waals surface area contributed by atoms with Crippen LogP contribution < -0.4 is 0 Å². The standard InChI is InChI=1S/C34H52O14/c1-9-14-23(37)45-22-17-32(7,48-21(6)36)26-25(29(39)34(22,44)33(8,43)31(41)42)20(5)27(47-30(40)18(3)10-2)28(26)46-24(38)16-13-11-12-15-19(4)35/h10,19,22,26-29,35,39,43-44H,9,11-17H2,1-8H3,(H,41,42)/b18-10-/t19-,22+,26-,27+,28+,29+,32+,33-,34-/m1/s1. The molecular weight excluding hydrogens is 632 g/mol. The Morgan fingerprint density at radius 2 is 1.65 bits per heavy atom. The first kappa shape index (κ1) is 40.8. The fourth-order valence-corrected chi connectivity index (χ4v) is 6.58. The fourth-order valence-electron chi connectivity index (χ4n) is 6.58. The molecule has 0 heterocycles. The highest BCUT2D eigenvalue weighted by atomic mass is 16.6. The zero-order valence-corrected chi connectivity index (χ0v) is 29.1. The van der Waals surface area contributed by atoms with E-state index >= 15 is 0 Å². The number of carbonyl (C=O) groups is 5. The summed E-state index contributed by atoms with van der Waals surface area (Å²) in [4.78, 5) is 64.2. The zero-order valence-electron chi connectivity index (χ0n) is 29.1. The quantitative estimate of drug-likeness (QED) is 0.0550. The van der Waals surface area contributed by atoms with E-state index in [-0.39, 0.29) is 29.6 Å². The van der Waals surface area contributed by atoms with Crippen LogP contribution in [0.5, 0.6) is 0 Å². The van der Waals surface area contributed by atoms with Gasteiger partial charge in [0.05, 0.1) is 12.0 Å². The highest BCUT2D eigenvalue weighted by molar-refractivity contribution is 5.88. The number of rotatable bonds is 15. The normalized spacial score (nSPS) is 30.8. The minimum Gasteiger partial charge on any atom is -0.479 e. The molecule has 0 amide bonds. The molecule has 0 spiro atoms. The van der Waals surface area contributed by atoms with Crippen molar-refractivity contribution >= 4 is 29.8 Å². The van der Waals surface area contributed by atoms with Crippen molar-refractivity contribution in [3.8, 4) is 0 Å². The highest BCUT2D eigenvalue weighted by Gasteiger charge is 2.71. The molecule has 0 aliphatic heterocycles. The Morgan fingerprint density at radius 1 is 1.04 bits per heavy atom. The van der Waals surface area contributed by atoms with Crippen LogP contribution in [0.3, 0.4) is 0 Å². The summed E-state index contributed by atoms with van der Waals surface area (Å²) < 4.78 is 23.1. The average Bonchev–Trinajstić information content (AvgIpc) is 3.21. The number of unbranched alkanes of at least 4 members (excludes halogenated alkanes) is 2. The van der Waals surface area contributed by atoms with Gasteiger partial charge in [-0.25, -0.2) is 9.59 Å². The molecule has 0 aromatic rings. The van der Waals surface area contributed by atoms with Gasteiger partial charge in [-0.05, 0) is 72.0 Å². The molecule has 272 valence electrons. The van der Waals surface area contributed by atoms with Gasteiger partial charge in [-0.1, -0.05) is 25.8 Å². The minimum absolute atomic E-state index is 0.0398. The van der Waals surface area contributed by atoms with Gasteiger partial charge in [-0.3, -0.25) is 14.4 Å². The van der Waals surface area contributed by atoms with Gasteiger partial charge in [0, 0.05) is 31.8 Å². The monoisotopic (exact) mass is 684 g/mol. The van der Waals surface area contributed by atoms with Crippen molar-refractivity contribution in [3.63, 3.8) is 0 Å². The molecule has 0 radical (unpaired) electrons. The topological polar surface area (TPSA) is 223 Å². The molecule has 0 unspecified atom stereocenters. The summed E-state index contributed by atoms with van der Waals surface area (Å²) in [6, 6.07) is 0. The Hall–Kier alpha value is -3.33. The van der Waals surface area contributed by atoms with E-state index in [1.807, 2.05) is 0 Å². The zero-order chi connectivity index (χ0) is 36.8. The number of allylic oxidation sites excluding steroid dienone is 1. The lowest BCUT2D eigenvalue weighted by Crippen LogP contribution is -2.70. The number of fused-ring (bicyclic) bond motifs is 1. The first-order valence-electron chi connectivity index (χ1n) is 16.4. The van der Waals surface area contributed by atoms with Crippen LogP contribution in [-0.2, 0) is 42.9 Å². The number of ether oxygens (including phenoxy) is 4. The van der Waals surface area contributed by atoms with Crippen LogP contribution in [0.1, 0.15) is 107 Å². The second-order valence-electron chi connectivity index (χ2n) is 13.3. The molecule has 9 atom stereocenters. The first-order chi connectivity index (χ1) is 22.2. The predicted molar refractivity (Wildman–Crippen MR) is 169 cm³/mol. The molecule has 48 heavy (non-hydrogen) atoms. The number of carboxylic acids is 1. The number of carbonyl (C=O) groups excluding carboxylic acids is 4. The number of esters is 4. The third-order valence-electron chi connectivity index (χ3n) is 9.36. The fraction of sp³-hybridized carbons (Fsp3) is 0.735. The molecule has 2 aliphatic carbocycles. The SMILES string of the molecule is C/C=C(/C)C(=O)O[C@H]1C(C)=C2[C@H]([C@@H]1OC(=O)CCCCC[C@@H](C)O)[C@@](C)(OC(C)=O)C[C@H](OC(=O)CCC)[C@](O)([C@](C)(O)C(=O)O)[C@H]2O. The van der Waals surface area contributed by atoms with Gasteiger partial charge in [0.25, 0.3) is 0 Å². The summed E-state index contributed by atoms with van der Waals surface area (Å²) in [5.41, 5.74) is -8.22. The maximum absolute atomic E-state index is 13.3. The third-order valence-corrected chi connectivity index (χ3v) is 9.36. The van der Waals surface area contributed by atoms with E-state index in [1.54, 1.807) is 20.8 Å². The Labute approximate surface area is 281 Å². The minimum atomic E-state index is -3.17. The van der Waals surface area contributed by atoms with Crippen molar-refractivity contribution < 1.29 is 68.5 Å². The average molecular weight is 685 g/mol. The van der Waals surface area contributed by atoms with E-state index in [9.17, 15) is 49.5 Å². The van der Waals surface area contributed by atoms with Crippen LogP contribution in [0, 0.1) is 5.92 Å². The lowest BCUT2D eigenvalue weighted by Gasteiger charge is -2.45. The van der Waals surface area contributed by atoms with Crippen molar-refractivity contribution in [1.29, 1.82) is 0 Å². The highest BCUT2D eigenvalue weighted by Crippen LogP contribution is 2.54. The van der Waals surface area contributed by atoms with Crippen LogP contribution in [0.2, 0.25) is 0 Å². The van der Waals surface area contributed by atoms with Crippen LogP contribution in [0.4, 0.5) is 0 Å². The second kappa shape index (κ2) is 16.4. The van der Waals surface area contributed by atoms with Crippen LogP contribution >= 0.6 is 0 Å². The van der Waals surface area contributed by atoms with E-state index in [0.29, 0.717) is 32.1 Å². The largest absolute Gasteiger partial charge is 0.479 e. The molecule has 0 aromatic carbocycles. The Kier molecular flexibility index (Phi) is 13.9. The molecule has 2 aliphatic rings. The van der Waals surface area contributed by atoms with Crippen molar-refractivity contribution in [1.82, 2.24) is 0 Å². The lowest BCUT2D eigenvalue weighted by molar-refractivity contribution is -0.247. The predicted octanol–water partition coefficient (Wildman–Crippen LogP) is 2.42. The maximum Gasteiger partial charge on any atom is 0.338 e. The van der Waals surface area contributed by atoms with Crippen molar-refractivity contribution in [3.05, 3.63) is 22.8 Å². The van der Waals surface area contributed by atoms with Gasteiger partial charge in [0.15, 0.2) is 23.4 Å². The molecule has 2 rings (SSSR count). The van der Waals surface area contributed by atoms with Gasteiger partial charge < -0.3 is 44.5 Å². The van der Waals surface area contributed by atoms with Gasteiger partial charge in [-0.2, -0.15) is 0 Å². The van der Waals surface area contributed by atoms with E-state index in [2.05, 4.69) is 0 Å². The Bertz CT molecular complexity index is 1280. The number of carboxylic acid groups (broad SMARTS) is 1. The van der Waals surface area contributed by atoms with Gasteiger partial charge in [0.1, 0.15) is 17.8 Å². The van der Waals surface area contributed by atoms with Gasteiger partial charge in [0.2, 0.25) is 0 Å². The molecule has 1 saturated carbocycles. The molecule has 0 bridgehead atoms. The summed E-state index contributed by atoms with van der Waals surface area (Å²) in [5, 5.41) is 55.2. The molecule has 0 aromatic heterocycles. The third kappa shape index (κ3) is 8.63. The number of hydrogen-bond acceptors (Lipinski definition) is 13. The van der Waals surface area contributed by atoms with Crippen LogP contribution in [-0.4, -0.2) is 103 Å². The number of aliphatic hydroxyl groups is 4. The number of aliphatic hydroxyl groups excluding tert-OH is 2. The summed E-state index contributed by atoms with van der Waals surface area (Å²) in [6.07, 6.45) is -4.59. The Balaban J connectivity index is 2.83. The molecule has 5 N–H and O–H groups in total. The second-order valence-corrected chi connectivity index (χ2v) is 13.3. The van der Waals surface area contributed by atoms with E-state index in [1.165, 1.54) is 26.8 Å². The van der Waals surface area contributed by atoms with Crippen molar-refractivity contribution in [2.24, 2.45) is 5.92 Å². The summed E-state index contributed by atoms with van der Waals surface area (Å²) in [5.74, 6) is -6.62. The summed E-state index contributed by atoms with van der Waals surface area (Å²) in [6.45, 7) is 11.0. The first-order valence-corrected chi connectivity index (χ1v) is 16.4. The van der Waals surface area contributed by atoms with E-state index < -0.39 is 89.5 Å².